The Morgan fingerprint density at radius 3 is 2.36 bits per heavy atom. The number of carbonyl (C=O) groups is 3. The predicted octanol–water partition coefficient (Wildman–Crippen LogP) is 1.29. The van der Waals surface area contributed by atoms with Crippen molar-refractivity contribution in [2.45, 2.75) is 33.2 Å². The van der Waals surface area contributed by atoms with Crippen molar-refractivity contribution in [1.29, 1.82) is 0 Å². The van der Waals surface area contributed by atoms with Crippen molar-refractivity contribution in [2.75, 3.05) is 26.8 Å². The molecule has 0 aromatic heterocycles. The second-order valence-electron chi connectivity index (χ2n) is 6.76. The van der Waals surface area contributed by atoms with Crippen LogP contribution in [0.15, 0.2) is 24.3 Å². The summed E-state index contributed by atoms with van der Waals surface area (Å²) in [5, 5.41) is 2.75. The van der Waals surface area contributed by atoms with Crippen LogP contribution in [0.1, 0.15) is 26.3 Å². The molecule has 1 N–H and O–H groups in total. The van der Waals surface area contributed by atoms with Gasteiger partial charge in [0.05, 0.1) is 6.54 Å². The van der Waals surface area contributed by atoms with Crippen molar-refractivity contribution in [1.82, 2.24) is 10.2 Å². The minimum atomic E-state index is -0.649. The van der Waals surface area contributed by atoms with E-state index < -0.39 is 18.5 Å². The van der Waals surface area contributed by atoms with Crippen LogP contribution in [0.3, 0.4) is 0 Å². The average Bonchev–Trinajstić information content (AvgIpc) is 2.49. The standard InChI is InChI=1S/C18H26N2O5/c1-13-8-6-7-9-14(13)24-12-17(23)25-11-16(22)20(5)10-15(21)19-18(2,3)4/h6-9H,10-12H2,1-5H3,(H,19,21). The molecule has 0 aliphatic rings. The summed E-state index contributed by atoms with van der Waals surface area (Å²) in [6.45, 7) is 6.59. The molecule has 0 fully saturated rings. The summed E-state index contributed by atoms with van der Waals surface area (Å²) in [4.78, 5) is 36.5. The lowest BCUT2D eigenvalue weighted by Gasteiger charge is -2.23. The van der Waals surface area contributed by atoms with Crippen LogP contribution in [0.5, 0.6) is 5.75 Å². The highest BCUT2D eigenvalue weighted by Crippen LogP contribution is 2.15. The van der Waals surface area contributed by atoms with Gasteiger partial charge in [0, 0.05) is 12.6 Å². The highest BCUT2D eigenvalue weighted by Gasteiger charge is 2.18. The van der Waals surface area contributed by atoms with Crippen molar-refractivity contribution >= 4 is 17.8 Å². The van der Waals surface area contributed by atoms with Crippen molar-refractivity contribution < 1.29 is 23.9 Å². The first-order chi connectivity index (χ1) is 11.6. The molecule has 1 rings (SSSR count). The predicted molar refractivity (Wildman–Crippen MR) is 93.2 cm³/mol. The quantitative estimate of drug-likeness (QED) is 0.749. The molecule has 0 atom stereocenters. The molecule has 138 valence electrons. The van der Waals surface area contributed by atoms with E-state index in [2.05, 4.69) is 5.32 Å². The van der Waals surface area contributed by atoms with Crippen LogP contribution in [0.4, 0.5) is 0 Å². The number of nitrogens with zero attached hydrogens (tertiary/aromatic N) is 1. The highest BCUT2D eigenvalue weighted by molar-refractivity contribution is 5.86. The number of esters is 1. The number of hydrogen-bond acceptors (Lipinski definition) is 5. The van der Waals surface area contributed by atoms with E-state index in [-0.39, 0.29) is 24.6 Å². The third kappa shape index (κ3) is 8.19. The van der Waals surface area contributed by atoms with Crippen LogP contribution in [-0.2, 0) is 19.1 Å². The number of benzene rings is 1. The SMILES string of the molecule is Cc1ccccc1OCC(=O)OCC(=O)N(C)CC(=O)NC(C)(C)C. The Balaban J connectivity index is 2.34. The summed E-state index contributed by atoms with van der Waals surface area (Å²) in [7, 11) is 1.47. The Morgan fingerprint density at radius 2 is 1.76 bits per heavy atom. The van der Waals surface area contributed by atoms with Gasteiger partial charge in [0.15, 0.2) is 13.2 Å². The molecule has 0 saturated heterocycles. The molecule has 1 aromatic carbocycles. The van der Waals surface area contributed by atoms with Crippen LogP contribution in [-0.4, -0.2) is 55.0 Å². The van der Waals surface area contributed by atoms with Gasteiger partial charge in [0.1, 0.15) is 5.75 Å². The third-order valence-corrected chi connectivity index (χ3v) is 3.12. The van der Waals surface area contributed by atoms with E-state index in [4.69, 9.17) is 9.47 Å². The van der Waals surface area contributed by atoms with E-state index in [0.29, 0.717) is 5.75 Å². The number of hydrogen-bond donors (Lipinski definition) is 1. The largest absolute Gasteiger partial charge is 0.482 e. The van der Waals surface area contributed by atoms with Gasteiger partial charge in [-0.2, -0.15) is 0 Å². The Morgan fingerprint density at radius 1 is 1.12 bits per heavy atom. The van der Waals surface area contributed by atoms with Gasteiger partial charge in [-0.05, 0) is 39.3 Å². The molecule has 0 aliphatic carbocycles. The van der Waals surface area contributed by atoms with Gasteiger partial charge in [-0.15, -0.1) is 0 Å². The fourth-order valence-electron chi connectivity index (χ4n) is 1.91. The summed E-state index contributed by atoms with van der Waals surface area (Å²) < 4.78 is 10.2. The Kier molecular flexibility index (Phi) is 7.42. The van der Waals surface area contributed by atoms with Gasteiger partial charge < -0.3 is 19.7 Å². The summed E-state index contributed by atoms with van der Waals surface area (Å²) in [5.74, 6) is -0.809. The van der Waals surface area contributed by atoms with Crippen LogP contribution in [0.25, 0.3) is 0 Å². The van der Waals surface area contributed by atoms with Crippen molar-refractivity contribution in [3.63, 3.8) is 0 Å². The van der Waals surface area contributed by atoms with Gasteiger partial charge in [-0.1, -0.05) is 18.2 Å². The van der Waals surface area contributed by atoms with E-state index in [1.165, 1.54) is 11.9 Å². The first-order valence-electron chi connectivity index (χ1n) is 7.97. The molecule has 7 heteroatoms. The Labute approximate surface area is 148 Å². The topological polar surface area (TPSA) is 84.9 Å². The first kappa shape index (κ1) is 20.5. The minimum absolute atomic E-state index is 0.104. The number of para-hydroxylation sites is 1. The van der Waals surface area contributed by atoms with Crippen LogP contribution in [0, 0.1) is 6.92 Å². The molecule has 2 amide bonds. The summed E-state index contributed by atoms with van der Waals surface area (Å²) in [6.07, 6.45) is 0. The Hall–Kier alpha value is -2.57. The van der Waals surface area contributed by atoms with Gasteiger partial charge in [-0.25, -0.2) is 4.79 Å². The summed E-state index contributed by atoms with van der Waals surface area (Å²) in [6, 6.07) is 7.27. The number of likely N-dealkylation sites (N-methyl/N-ethyl adjacent to an activating group) is 1. The van der Waals surface area contributed by atoms with Crippen LogP contribution in [0.2, 0.25) is 0 Å². The molecule has 25 heavy (non-hydrogen) atoms. The van der Waals surface area contributed by atoms with Crippen molar-refractivity contribution in [3.8, 4) is 5.75 Å². The zero-order chi connectivity index (χ0) is 19.0. The Bertz CT molecular complexity index is 622. The lowest BCUT2D eigenvalue weighted by molar-refractivity contribution is -0.153. The number of nitrogens with one attached hydrogen (secondary N) is 1. The van der Waals surface area contributed by atoms with E-state index in [9.17, 15) is 14.4 Å². The van der Waals surface area contributed by atoms with E-state index in [1.807, 2.05) is 39.8 Å². The monoisotopic (exact) mass is 350 g/mol. The fraction of sp³-hybridized carbons (Fsp3) is 0.500. The molecule has 0 saturated carbocycles. The first-order valence-corrected chi connectivity index (χ1v) is 7.97. The van der Waals surface area contributed by atoms with Gasteiger partial charge >= 0.3 is 5.97 Å². The zero-order valence-electron chi connectivity index (χ0n) is 15.4. The summed E-state index contributed by atoms with van der Waals surface area (Å²) >= 11 is 0. The van der Waals surface area contributed by atoms with Crippen LogP contribution >= 0.6 is 0 Å². The van der Waals surface area contributed by atoms with E-state index in [0.717, 1.165) is 5.56 Å². The molecule has 0 spiro atoms. The third-order valence-electron chi connectivity index (χ3n) is 3.12. The molecular weight excluding hydrogens is 324 g/mol. The molecule has 0 heterocycles. The normalized spacial score (nSPS) is 10.8. The molecule has 0 bridgehead atoms. The fourth-order valence-corrected chi connectivity index (χ4v) is 1.91. The van der Waals surface area contributed by atoms with Gasteiger partial charge in [-0.3, -0.25) is 9.59 Å². The maximum atomic E-state index is 11.9. The number of carbonyl (C=O) groups excluding carboxylic acids is 3. The lowest BCUT2D eigenvalue weighted by Crippen LogP contribution is -2.47. The average molecular weight is 350 g/mol. The minimum Gasteiger partial charge on any atom is -0.482 e. The smallest absolute Gasteiger partial charge is 0.344 e. The molecule has 7 nitrogen and oxygen atoms in total. The number of rotatable bonds is 7. The second-order valence-corrected chi connectivity index (χ2v) is 6.76. The highest BCUT2D eigenvalue weighted by atomic mass is 16.6. The molecule has 0 radical (unpaired) electrons. The molecular formula is C18H26N2O5. The number of ether oxygens (including phenoxy) is 2. The summed E-state index contributed by atoms with van der Waals surface area (Å²) in [5.41, 5.74) is 0.524. The van der Waals surface area contributed by atoms with Gasteiger partial charge in [0.2, 0.25) is 5.91 Å². The van der Waals surface area contributed by atoms with E-state index in [1.54, 1.807) is 12.1 Å². The molecule has 0 aliphatic heterocycles. The van der Waals surface area contributed by atoms with Crippen molar-refractivity contribution in [3.05, 3.63) is 29.8 Å². The molecule has 0 unspecified atom stereocenters. The van der Waals surface area contributed by atoms with E-state index >= 15 is 0 Å². The molecule has 1 aromatic rings. The maximum absolute atomic E-state index is 11.9. The van der Waals surface area contributed by atoms with Crippen molar-refractivity contribution in [2.24, 2.45) is 0 Å². The lowest BCUT2D eigenvalue weighted by atomic mass is 10.1. The number of aryl methyl sites for hydroxylation is 1. The zero-order valence-corrected chi connectivity index (χ0v) is 15.4. The van der Waals surface area contributed by atoms with Gasteiger partial charge in [0.25, 0.3) is 5.91 Å². The maximum Gasteiger partial charge on any atom is 0.344 e. The van der Waals surface area contributed by atoms with Crippen LogP contribution < -0.4 is 10.1 Å². The number of amides is 2. The second kappa shape index (κ2) is 9.05.